The lowest BCUT2D eigenvalue weighted by Gasteiger charge is -2.19. The largest absolute Gasteiger partial charge is 0.493 e. The van der Waals surface area contributed by atoms with Crippen LogP contribution in [0.4, 0.5) is 0 Å². The second-order valence-electron chi connectivity index (χ2n) is 6.72. The third-order valence-corrected chi connectivity index (χ3v) is 4.85. The summed E-state index contributed by atoms with van der Waals surface area (Å²) in [5.74, 6) is 1.95. The molecule has 0 bridgehead atoms. The van der Waals surface area contributed by atoms with Gasteiger partial charge in [-0.2, -0.15) is 0 Å². The highest BCUT2D eigenvalue weighted by molar-refractivity contribution is 5.40. The normalized spacial score (nSPS) is 24.7. The zero-order valence-corrected chi connectivity index (χ0v) is 12.3. The van der Waals surface area contributed by atoms with Crippen LogP contribution in [0.2, 0.25) is 0 Å². The summed E-state index contributed by atoms with van der Waals surface area (Å²) in [7, 11) is 0. The maximum Gasteiger partial charge on any atom is 0.122 e. The van der Waals surface area contributed by atoms with E-state index in [-0.39, 0.29) is 0 Å². The molecule has 2 aliphatic rings. The van der Waals surface area contributed by atoms with Crippen LogP contribution in [-0.2, 0) is 6.42 Å². The first kappa shape index (κ1) is 13.0. The number of rotatable bonds is 5. The van der Waals surface area contributed by atoms with Crippen molar-refractivity contribution < 1.29 is 4.74 Å². The van der Waals surface area contributed by atoms with Gasteiger partial charge in [0.05, 0.1) is 6.61 Å². The Morgan fingerprint density at radius 2 is 2.21 bits per heavy atom. The molecule has 1 fully saturated rings. The molecule has 0 spiro atoms. The Bertz CT molecular complexity index is 466. The summed E-state index contributed by atoms with van der Waals surface area (Å²) in [5.41, 5.74) is 3.37. The number of hydrogen-bond donors (Lipinski definition) is 1. The van der Waals surface area contributed by atoms with Gasteiger partial charge in [0.2, 0.25) is 0 Å². The zero-order chi connectivity index (χ0) is 13.5. The maximum atomic E-state index is 5.58. The third-order valence-electron chi connectivity index (χ3n) is 4.85. The van der Waals surface area contributed by atoms with Crippen molar-refractivity contribution in [3.63, 3.8) is 0 Å². The van der Waals surface area contributed by atoms with Gasteiger partial charge in [0, 0.05) is 12.5 Å². The smallest absolute Gasteiger partial charge is 0.122 e. The minimum Gasteiger partial charge on any atom is -0.493 e. The van der Waals surface area contributed by atoms with Crippen molar-refractivity contribution in [1.82, 2.24) is 5.32 Å². The molecule has 104 valence electrons. The summed E-state index contributed by atoms with van der Waals surface area (Å²) in [6, 6.07) is 7.19. The first-order valence-corrected chi connectivity index (χ1v) is 7.59. The predicted octanol–water partition coefficient (Wildman–Crippen LogP) is 3.71. The molecule has 1 aromatic rings. The summed E-state index contributed by atoms with van der Waals surface area (Å²) >= 11 is 0. The molecule has 3 rings (SSSR count). The Morgan fingerprint density at radius 1 is 1.42 bits per heavy atom. The standard InChI is InChI=1S/C17H25NO/c1-4-15(18-11-14-10-17(14,2)3)12-5-6-16-13(9-12)7-8-19-16/h5-6,9,14-15,18H,4,7-8,10-11H2,1-3H3. The first-order valence-electron chi connectivity index (χ1n) is 7.59. The molecule has 2 atom stereocenters. The van der Waals surface area contributed by atoms with Crippen LogP contribution < -0.4 is 10.1 Å². The number of ether oxygens (including phenoxy) is 1. The molecule has 2 unspecified atom stereocenters. The molecule has 1 aliphatic heterocycles. The SMILES string of the molecule is CCC(NCC1CC1(C)C)c1ccc2c(c1)CCO2. The average molecular weight is 259 g/mol. The molecular formula is C17H25NO. The highest BCUT2D eigenvalue weighted by atomic mass is 16.5. The summed E-state index contributed by atoms with van der Waals surface area (Å²) in [4.78, 5) is 0. The van der Waals surface area contributed by atoms with Crippen LogP contribution >= 0.6 is 0 Å². The monoisotopic (exact) mass is 259 g/mol. The van der Waals surface area contributed by atoms with E-state index in [4.69, 9.17) is 4.74 Å². The molecule has 1 N–H and O–H groups in total. The van der Waals surface area contributed by atoms with Crippen LogP contribution in [0, 0.1) is 11.3 Å². The Hall–Kier alpha value is -1.02. The average Bonchev–Trinajstić information content (AvgIpc) is 2.81. The Labute approximate surface area is 116 Å². The third kappa shape index (κ3) is 2.64. The molecule has 1 aliphatic carbocycles. The van der Waals surface area contributed by atoms with E-state index in [9.17, 15) is 0 Å². The molecule has 1 heterocycles. The minimum absolute atomic E-state index is 0.488. The highest BCUT2D eigenvalue weighted by Gasteiger charge is 2.45. The topological polar surface area (TPSA) is 21.3 Å². The minimum atomic E-state index is 0.488. The fraction of sp³-hybridized carbons (Fsp3) is 0.647. The fourth-order valence-electron chi connectivity index (χ4n) is 3.13. The van der Waals surface area contributed by atoms with Gasteiger partial charge in [-0.1, -0.05) is 32.9 Å². The highest BCUT2D eigenvalue weighted by Crippen LogP contribution is 2.51. The van der Waals surface area contributed by atoms with Crippen molar-refractivity contribution in [3.05, 3.63) is 29.3 Å². The van der Waals surface area contributed by atoms with Gasteiger partial charge in [0.25, 0.3) is 0 Å². The Kier molecular flexibility index (Phi) is 3.30. The molecule has 1 aromatic carbocycles. The summed E-state index contributed by atoms with van der Waals surface area (Å²) in [6.07, 6.45) is 3.58. The van der Waals surface area contributed by atoms with Gasteiger partial charge >= 0.3 is 0 Å². The van der Waals surface area contributed by atoms with Gasteiger partial charge in [-0.15, -0.1) is 0 Å². The number of hydrogen-bond acceptors (Lipinski definition) is 2. The van der Waals surface area contributed by atoms with Crippen LogP contribution in [0.15, 0.2) is 18.2 Å². The summed E-state index contributed by atoms with van der Waals surface area (Å²) in [6.45, 7) is 9.00. The molecule has 0 radical (unpaired) electrons. The molecule has 1 saturated carbocycles. The lowest BCUT2D eigenvalue weighted by Crippen LogP contribution is -2.24. The Morgan fingerprint density at radius 3 is 2.89 bits per heavy atom. The van der Waals surface area contributed by atoms with E-state index in [1.807, 2.05) is 0 Å². The zero-order valence-electron chi connectivity index (χ0n) is 12.3. The first-order chi connectivity index (χ1) is 9.10. The second kappa shape index (κ2) is 4.82. The van der Waals surface area contributed by atoms with Gasteiger partial charge in [-0.25, -0.2) is 0 Å². The number of nitrogens with one attached hydrogen (secondary N) is 1. The molecular weight excluding hydrogens is 234 g/mol. The molecule has 0 amide bonds. The van der Waals surface area contributed by atoms with Crippen LogP contribution in [0.5, 0.6) is 5.75 Å². The van der Waals surface area contributed by atoms with E-state index in [0.29, 0.717) is 11.5 Å². The van der Waals surface area contributed by atoms with E-state index in [1.54, 1.807) is 0 Å². The van der Waals surface area contributed by atoms with Gasteiger partial charge in [-0.3, -0.25) is 0 Å². The lowest BCUT2D eigenvalue weighted by molar-refractivity contribution is 0.356. The van der Waals surface area contributed by atoms with Crippen molar-refractivity contribution in [2.24, 2.45) is 11.3 Å². The lowest BCUT2D eigenvalue weighted by atomic mass is 10.0. The van der Waals surface area contributed by atoms with Crippen molar-refractivity contribution >= 4 is 0 Å². The molecule has 19 heavy (non-hydrogen) atoms. The molecule has 2 nitrogen and oxygen atoms in total. The van der Waals surface area contributed by atoms with Gasteiger partial charge in [-0.05, 0) is 47.9 Å². The van der Waals surface area contributed by atoms with Gasteiger partial charge < -0.3 is 10.1 Å². The molecule has 0 saturated heterocycles. The van der Waals surface area contributed by atoms with Crippen LogP contribution in [-0.4, -0.2) is 13.2 Å². The van der Waals surface area contributed by atoms with Crippen LogP contribution in [0.25, 0.3) is 0 Å². The van der Waals surface area contributed by atoms with Gasteiger partial charge in [0.1, 0.15) is 5.75 Å². The van der Waals surface area contributed by atoms with E-state index in [2.05, 4.69) is 44.3 Å². The van der Waals surface area contributed by atoms with Crippen LogP contribution in [0.3, 0.4) is 0 Å². The predicted molar refractivity (Wildman–Crippen MR) is 78.6 cm³/mol. The van der Waals surface area contributed by atoms with Gasteiger partial charge in [0.15, 0.2) is 0 Å². The van der Waals surface area contributed by atoms with Crippen molar-refractivity contribution in [3.8, 4) is 5.75 Å². The summed E-state index contributed by atoms with van der Waals surface area (Å²) in [5, 5.41) is 3.75. The Balaban J connectivity index is 1.65. The molecule has 0 aromatic heterocycles. The number of benzene rings is 1. The second-order valence-corrected chi connectivity index (χ2v) is 6.72. The number of fused-ring (bicyclic) bond motifs is 1. The fourth-order valence-corrected chi connectivity index (χ4v) is 3.13. The van der Waals surface area contributed by atoms with Crippen LogP contribution in [0.1, 0.15) is 50.8 Å². The van der Waals surface area contributed by atoms with Crippen molar-refractivity contribution in [2.75, 3.05) is 13.2 Å². The van der Waals surface area contributed by atoms with Crippen molar-refractivity contribution in [1.29, 1.82) is 0 Å². The van der Waals surface area contributed by atoms with E-state index in [0.717, 1.165) is 37.7 Å². The summed E-state index contributed by atoms with van der Waals surface area (Å²) < 4.78 is 5.58. The van der Waals surface area contributed by atoms with Crippen molar-refractivity contribution in [2.45, 2.75) is 46.1 Å². The maximum absolute atomic E-state index is 5.58. The van der Waals surface area contributed by atoms with E-state index in [1.165, 1.54) is 17.5 Å². The quantitative estimate of drug-likeness (QED) is 0.870. The van der Waals surface area contributed by atoms with E-state index >= 15 is 0 Å². The van der Waals surface area contributed by atoms with E-state index < -0.39 is 0 Å². The molecule has 2 heteroatoms.